The molecule has 2 fully saturated rings. The Morgan fingerprint density at radius 2 is 1.81 bits per heavy atom. The van der Waals surface area contributed by atoms with Crippen molar-refractivity contribution in [3.05, 3.63) is 27.7 Å². The molecule has 0 unspecified atom stereocenters. The Hall–Kier alpha value is -1.39. The van der Waals surface area contributed by atoms with E-state index in [0.717, 1.165) is 0 Å². The lowest BCUT2D eigenvalue weighted by Crippen LogP contribution is -2.50. The zero-order valence-corrected chi connectivity index (χ0v) is 16.0. The maximum Gasteiger partial charge on any atom is 0.255 e. The number of nitrogens with zero attached hydrogens (tertiary/aromatic N) is 2. The lowest BCUT2D eigenvalue weighted by Gasteiger charge is -2.28. The van der Waals surface area contributed by atoms with Crippen LogP contribution < -0.4 is 5.32 Å². The molecule has 2 heterocycles. The van der Waals surface area contributed by atoms with Crippen molar-refractivity contribution >= 4 is 45.0 Å². The molecule has 0 bridgehead atoms. The summed E-state index contributed by atoms with van der Waals surface area (Å²) in [5.41, 5.74) is -0.00222. The van der Waals surface area contributed by atoms with Crippen molar-refractivity contribution in [3.8, 4) is 0 Å². The van der Waals surface area contributed by atoms with Gasteiger partial charge in [-0.1, -0.05) is 23.2 Å². The van der Waals surface area contributed by atoms with E-state index in [1.165, 1.54) is 21.3 Å². The minimum Gasteiger partial charge on any atom is -0.379 e. The molecule has 0 radical (unpaired) electrons. The number of halogens is 2. The van der Waals surface area contributed by atoms with Gasteiger partial charge in [0, 0.05) is 26.2 Å². The van der Waals surface area contributed by atoms with Crippen LogP contribution in [0.15, 0.2) is 17.0 Å². The molecule has 0 aromatic heterocycles. The first kappa shape index (κ1) is 19.4. The number of morpholine rings is 1. The van der Waals surface area contributed by atoms with Gasteiger partial charge >= 0.3 is 0 Å². The van der Waals surface area contributed by atoms with Crippen molar-refractivity contribution in [2.45, 2.75) is 4.90 Å². The number of hydrogen-bond acceptors (Lipinski definition) is 5. The zero-order valence-electron chi connectivity index (χ0n) is 13.7. The second-order valence-electron chi connectivity index (χ2n) is 5.86. The van der Waals surface area contributed by atoms with Crippen molar-refractivity contribution < 1.29 is 22.7 Å². The van der Waals surface area contributed by atoms with Gasteiger partial charge in [0.1, 0.15) is 4.90 Å². The molecular formula is C15H17Cl2N3O5S. The summed E-state index contributed by atoms with van der Waals surface area (Å²) in [5, 5.41) is 2.59. The quantitative estimate of drug-likeness (QED) is 0.769. The predicted molar refractivity (Wildman–Crippen MR) is 95.0 cm³/mol. The van der Waals surface area contributed by atoms with Crippen molar-refractivity contribution in [1.29, 1.82) is 0 Å². The molecule has 2 aliphatic rings. The lowest BCUT2D eigenvalue weighted by molar-refractivity contribution is -0.123. The van der Waals surface area contributed by atoms with Crippen LogP contribution in [0.5, 0.6) is 0 Å². The van der Waals surface area contributed by atoms with E-state index in [0.29, 0.717) is 26.3 Å². The van der Waals surface area contributed by atoms with Gasteiger partial charge in [-0.2, -0.15) is 4.31 Å². The molecule has 0 aliphatic carbocycles. The fraction of sp³-hybridized carbons (Fsp3) is 0.467. The van der Waals surface area contributed by atoms with Crippen LogP contribution in [0.3, 0.4) is 0 Å². The van der Waals surface area contributed by atoms with Crippen LogP contribution in [0.4, 0.5) is 0 Å². The average molecular weight is 422 g/mol. The second-order valence-corrected chi connectivity index (χ2v) is 8.58. The van der Waals surface area contributed by atoms with Gasteiger partial charge in [-0.15, -0.1) is 0 Å². The summed E-state index contributed by atoms with van der Waals surface area (Å²) in [7, 11) is -3.89. The Labute approximate surface area is 161 Å². The maximum atomic E-state index is 12.9. The highest BCUT2D eigenvalue weighted by molar-refractivity contribution is 7.89. The van der Waals surface area contributed by atoms with Gasteiger partial charge in [-0.3, -0.25) is 9.59 Å². The van der Waals surface area contributed by atoms with Crippen LogP contribution in [0.2, 0.25) is 10.0 Å². The van der Waals surface area contributed by atoms with E-state index >= 15 is 0 Å². The topological polar surface area (TPSA) is 96.0 Å². The van der Waals surface area contributed by atoms with Crippen molar-refractivity contribution in [2.75, 3.05) is 45.9 Å². The number of ether oxygens (including phenoxy) is 1. The summed E-state index contributed by atoms with van der Waals surface area (Å²) in [6, 6.07) is 2.43. The highest BCUT2D eigenvalue weighted by atomic mass is 35.5. The largest absolute Gasteiger partial charge is 0.379 e. The number of carbonyl (C=O) groups is 2. The van der Waals surface area contributed by atoms with Gasteiger partial charge < -0.3 is 15.0 Å². The van der Waals surface area contributed by atoms with Crippen molar-refractivity contribution in [1.82, 2.24) is 14.5 Å². The highest BCUT2D eigenvalue weighted by Gasteiger charge is 2.31. The summed E-state index contributed by atoms with van der Waals surface area (Å²) in [6.07, 6.45) is 0. The van der Waals surface area contributed by atoms with Gasteiger partial charge in [-0.25, -0.2) is 8.42 Å². The van der Waals surface area contributed by atoms with Crippen molar-refractivity contribution in [3.63, 3.8) is 0 Å². The van der Waals surface area contributed by atoms with E-state index in [-0.39, 0.29) is 46.0 Å². The summed E-state index contributed by atoms with van der Waals surface area (Å²) in [5.74, 6) is -0.796. The minimum atomic E-state index is -3.89. The summed E-state index contributed by atoms with van der Waals surface area (Å²) in [4.78, 5) is 25.4. The van der Waals surface area contributed by atoms with Crippen LogP contribution in [0, 0.1) is 0 Å². The Morgan fingerprint density at radius 3 is 2.46 bits per heavy atom. The Balaban J connectivity index is 1.96. The molecule has 1 aromatic carbocycles. The number of rotatable bonds is 3. The molecule has 3 rings (SSSR count). The minimum absolute atomic E-state index is 0.00222. The highest BCUT2D eigenvalue weighted by Crippen LogP contribution is 2.31. The van der Waals surface area contributed by atoms with E-state index in [4.69, 9.17) is 27.9 Å². The third-order valence-electron chi connectivity index (χ3n) is 4.17. The van der Waals surface area contributed by atoms with Crippen LogP contribution in [0.1, 0.15) is 10.4 Å². The van der Waals surface area contributed by atoms with Crippen LogP contribution in [-0.4, -0.2) is 75.4 Å². The smallest absolute Gasteiger partial charge is 0.255 e. The van der Waals surface area contributed by atoms with Gasteiger partial charge in [0.15, 0.2) is 0 Å². The van der Waals surface area contributed by atoms with Gasteiger partial charge in [0.2, 0.25) is 15.9 Å². The molecule has 0 atom stereocenters. The first-order valence-corrected chi connectivity index (χ1v) is 10.1. The fourth-order valence-electron chi connectivity index (χ4n) is 2.80. The molecular weight excluding hydrogens is 405 g/mol. The monoisotopic (exact) mass is 421 g/mol. The molecule has 2 amide bonds. The first-order chi connectivity index (χ1) is 12.3. The molecule has 1 N–H and O–H groups in total. The molecule has 26 heavy (non-hydrogen) atoms. The van der Waals surface area contributed by atoms with E-state index < -0.39 is 15.9 Å². The van der Waals surface area contributed by atoms with Crippen LogP contribution >= 0.6 is 23.2 Å². The standard InChI is InChI=1S/C15H17Cl2N3O5S/c16-11-8-12(17)13(26(23,24)20-3-5-25-6-4-20)7-10(11)15(22)19-2-1-18-14(21)9-19/h7-8H,1-6,9H2,(H,18,21). The number of amides is 2. The molecule has 8 nitrogen and oxygen atoms in total. The number of sulfonamides is 1. The van der Waals surface area contributed by atoms with E-state index in [1.54, 1.807) is 0 Å². The molecule has 0 saturated carbocycles. The number of hydrogen-bond donors (Lipinski definition) is 1. The fourth-order valence-corrected chi connectivity index (χ4v) is 5.04. The second kappa shape index (κ2) is 7.69. The lowest BCUT2D eigenvalue weighted by atomic mass is 10.2. The molecule has 1 aromatic rings. The van der Waals surface area contributed by atoms with E-state index in [2.05, 4.69) is 5.32 Å². The van der Waals surface area contributed by atoms with Gasteiger partial charge in [0.25, 0.3) is 5.91 Å². The number of piperazine rings is 1. The van der Waals surface area contributed by atoms with Gasteiger partial charge in [0.05, 0.1) is 35.4 Å². The Morgan fingerprint density at radius 1 is 1.12 bits per heavy atom. The van der Waals surface area contributed by atoms with Crippen molar-refractivity contribution in [2.24, 2.45) is 0 Å². The normalized spacial score (nSPS) is 19.3. The first-order valence-electron chi connectivity index (χ1n) is 7.93. The molecule has 0 spiro atoms. The van der Waals surface area contributed by atoms with E-state index in [9.17, 15) is 18.0 Å². The van der Waals surface area contributed by atoms with Crippen LogP contribution in [0.25, 0.3) is 0 Å². The average Bonchev–Trinajstić information content (AvgIpc) is 2.62. The molecule has 11 heteroatoms. The predicted octanol–water partition coefficient (Wildman–Crippen LogP) is 0.586. The summed E-state index contributed by atoms with van der Waals surface area (Å²) in [6.45, 7) is 1.53. The third-order valence-corrected chi connectivity index (χ3v) is 6.84. The SMILES string of the molecule is O=C1CN(C(=O)c2cc(S(=O)(=O)N3CCOCC3)c(Cl)cc2Cl)CCN1. The molecule has 142 valence electrons. The van der Waals surface area contributed by atoms with E-state index in [1.807, 2.05) is 0 Å². The Kier molecular flexibility index (Phi) is 5.73. The van der Waals surface area contributed by atoms with Crippen LogP contribution in [-0.2, 0) is 19.6 Å². The maximum absolute atomic E-state index is 12.9. The summed E-state index contributed by atoms with van der Waals surface area (Å²) >= 11 is 12.2. The number of carbonyl (C=O) groups excluding carboxylic acids is 2. The zero-order chi connectivity index (χ0) is 18.9. The summed E-state index contributed by atoms with van der Waals surface area (Å²) < 4.78 is 32.2. The molecule has 2 saturated heterocycles. The van der Waals surface area contributed by atoms with Gasteiger partial charge in [-0.05, 0) is 12.1 Å². The number of nitrogens with one attached hydrogen (secondary N) is 1. The number of benzene rings is 1. The third kappa shape index (κ3) is 3.81. The Bertz CT molecular complexity index is 840. The molecule has 2 aliphatic heterocycles.